The summed E-state index contributed by atoms with van der Waals surface area (Å²) < 4.78 is 16.8. The summed E-state index contributed by atoms with van der Waals surface area (Å²) in [5.41, 5.74) is 0. The molecule has 0 amide bonds. The second-order valence-electron chi connectivity index (χ2n) is 18.1. The van der Waals surface area contributed by atoms with E-state index in [-0.39, 0.29) is 31.1 Å². The zero-order valence-electron chi connectivity index (χ0n) is 41.8. The van der Waals surface area contributed by atoms with Crippen molar-refractivity contribution >= 4 is 17.9 Å². The largest absolute Gasteiger partial charge is 0.462 e. The molecular formula is C57H102O6. The Labute approximate surface area is 390 Å². The highest BCUT2D eigenvalue weighted by Gasteiger charge is 2.19. The molecule has 0 heterocycles. The lowest BCUT2D eigenvalue weighted by Gasteiger charge is -2.18. The highest BCUT2D eigenvalue weighted by Crippen LogP contribution is 2.15. The molecule has 63 heavy (non-hydrogen) atoms. The summed E-state index contributed by atoms with van der Waals surface area (Å²) in [6.45, 7) is 6.52. The maximum absolute atomic E-state index is 12.8. The summed E-state index contributed by atoms with van der Waals surface area (Å²) in [6.07, 6.45) is 62.4. The molecule has 0 saturated carbocycles. The lowest BCUT2D eigenvalue weighted by molar-refractivity contribution is -0.167. The molecule has 0 fully saturated rings. The fourth-order valence-corrected chi connectivity index (χ4v) is 7.75. The normalized spacial score (nSPS) is 12.4. The molecule has 6 nitrogen and oxygen atoms in total. The van der Waals surface area contributed by atoms with Gasteiger partial charge in [0, 0.05) is 19.3 Å². The van der Waals surface area contributed by atoms with E-state index in [0.717, 1.165) is 96.3 Å². The molecule has 0 N–H and O–H groups in total. The first-order valence-electron chi connectivity index (χ1n) is 27.1. The molecule has 0 aromatic carbocycles. The number of unbranched alkanes of at least 4 members (excludes halogenated alkanes) is 30. The maximum Gasteiger partial charge on any atom is 0.306 e. The van der Waals surface area contributed by atoms with Gasteiger partial charge in [0.05, 0.1) is 0 Å². The zero-order chi connectivity index (χ0) is 45.8. The minimum Gasteiger partial charge on any atom is -0.462 e. The molecular weight excluding hydrogens is 781 g/mol. The molecule has 0 unspecified atom stereocenters. The van der Waals surface area contributed by atoms with Crippen molar-refractivity contribution in [3.8, 4) is 0 Å². The van der Waals surface area contributed by atoms with Crippen molar-refractivity contribution in [2.75, 3.05) is 13.2 Å². The average molecular weight is 883 g/mol. The van der Waals surface area contributed by atoms with Crippen LogP contribution in [0.25, 0.3) is 0 Å². The third-order valence-corrected chi connectivity index (χ3v) is 11.8. The monoisotopic (exact) mass is 883 g/mol. The predicted molar refractivity (Wildman–Crippen MR) is 270 cm³/mol. The van der Waals surface area contributed by atoms with Crippen LogP contribution in [-0.2, 0) is 28.6 Å². The molecule has 6 heteroatoms. The average Bonchev–Trinajstić information content (AvgIpc) is 3.28. The molecule has 1 atom stereocenters. The Kier molecular flexibility index (Phi) is 49.8. The van der Waals surface area contributed by atoms with Crippen LogP contribution >= 0.6 is 0 Å². The molecule has 0 aromatic heterocycles. The van der Waals surface area contributed by atoms with Crippen LogP contribution < -0.4 is 0 Å². The summed E-state index contributed by atoms with van der Waals surface area (Å²) in [6, 6.07) is 0. The third kappa shape index (κ3) is 50.2. The maximum atomic E-state index is 12.8. The van der Waals surface area contributed by atoms with Gasteiger partial charge in [-0.15, -0.1) is 0 Å². The summed E-state index contributed by atoms with van der Waals surface area (Å²) in [5.74, 6) is -0.888. The second-order valence-corrected chi connectivity index (χ2v) is 18.1. The molecule has 0 aliphatic carbocycles. The number of esters is 3. The lowest BCUT2D eigenvalue weighted by atomic mass is 10.1. The van der Waals surface area contributed by atoms with E-state index in [1.54, 1.807) is 0 Å². The Morgan fingerprint density at radius 1 is 0.333 bits per heavy atom. The smallest absolute Gasteiger partial charge is 0.306 e. The molecule has 0 saturated heterocycles. The highest BCUT2D eigenvalue weighted by molar-refractivity contribution is 5.71. The van der Waals surface area contributed by atoms with Crippen LogP contribution in [0.5, 0.6) is 0 Å². The molecule has 0 aromatic rings. The Hall–Kier alpha value is -2.63. The van der Waals surface area contributed by atoms with E-state index in [2.05, 4.69) is 69.4 Å². The van der Waals surface area contributed by atoms with E-state index in [9.17, 15) is 14.4 Å². The molecule has 366 valence electrons. The van der Waals surface area contributed by atoms with Gasteiger partial charge in [0.25, 0.3) is 0 Å². The van der Waals surface area contributed by atoms with Crippen molar-refractivity contribution < 1.29 is 28.6 Å². The minimum atomic E-state index is -0.779. The Morgan fingerprint density at radius 2 is 0.619 bits per heavy atom. The van der Waals surface area contributed by atoms with Gasteiger partial charge in [-0.3, -0.25) is 14.4 Å². The standard InChI is InChI=1S/C57H102O6/c1-4-7-10-13-16-19-22-24-26-27-28-29-31-32-35-38-41-44-47-50-56(59)62-53-54(52-61-55(58)49-46-43-40-37-34-21-18-15-12-9-6-3)63-57(60)51-48-45-42-39-36-33-30-25-23-20-17-14-11-8-5-2/h8,11,17,20,24-26,30,54H,4-7,9-10,12-16,18-19,21-23,27-29,31-53H2,1-3H3/b11-8-,20-17-,26-24-,30-25-/t54-/m0/s1. The fraction of sp³-hybridized carbons (Fsp3) is 0.807. The molecule has 0 radical (unpaired) electrons. The van der Waals surface area contributed by atoms with Crippen LogP contribution in [0.15, 0.2) is 48.6 Å². The fourth-order valence-electron chi connectivity index (χ4n) is 7.75. The number of hydrogen-bond donors (Lipinski definition) is 0. The van der Waals surface area contributed by atoms with Crippen LogP contribution in [0.4, 0.5) is 0 Å². The SMILES string of the molecule is CC/C=C\C/C=C\C/C=C\CCCCCCCC(=O)O[C@H](COC(=O)CCCCCCCCCCC/C=C\CCCCCCCC)COC(=O)CCCCCCCCCCCCC. The molecule has 0 rings (SSSR count). The summed E-state index contributed by atoms with van der Waals surface area (Å²) in [4.78, 5) is 38.0. The quantitative estimate of drug-likeness (QED) is 0.0262. The van der Waals surface area contributed by atoms with E-state index in [4.69, 9.17) is 14.2 Å². The van der Waals surface area contributed by atoms with Crippen molar-refractivity contribution in [3.63, 3.8) is 0 Å². The highest BCUT2D eigenvalue weighted by atomic mass is 16.6. The van der Waals surface area contributed by atoms with Crippen molar-refractivity contribution in [1.82, 2.24) is 0 Å². The number of hydrogen-bond acceptors (Lipinski definition) is 6. The molecule has 0 aliphatic heterocycles. The lowest BCUT2D eigenvalue weighted by Crippen LogP contribution is -2.30. The van der Waals surface area contributed by atoms with Crippen molar-refractivity contribution in [2.45, 2.75) is 284 Å². The summed E-state index contributed by atoms with van der Waals surface area (Å²) >= 11 is 0. The van der Waals surface area contributed by atoms with Gasteiger partial charge in [-0.1, -0.05) is 230 Å². The third-order valence-electron chi connectivity index (χ3n) is 11.8. The Balaban J connectivity index is 4.33. The Bertz CT molecular complexity index is 1110. The minimum absolute atomic E-state index is 0.0783. The Morgan fingerprint density at radius 3 is 0.984 bits per heavy atom. The predicted octanol–water partition coefficient (Wildman–Crippen LogP) is 17.9. The first-order valence-corrected chi connectivity index (χ1v) is 27.1. The van der Waals surface area contributed by atoms with Gasteiger partial charge in [-0.2, -0.15) is 0 Å². The number of rotatable bonds is 49. The van der Waals surface area contributed by atoms with Gasteiger partial charge in [0.15, 0.2) is 6.10 Å². The van der Waals surface area contributed by atoms with Crippen molar-refractivity contribution in [3.05, 3.63) is 48.6 Å². The molecule has 0 aliphatic rings. The molecule has 0 bridgehead atoms. The van der Waals surface area contributed by atoms with Gasteiger partial charge in [0.1, 0.15) is 13.2 Å². The second kappa shape index (κ2) is 52.0. The summed E-state index contributed by atoms with van der Waals surface area (Å²) in [5, 5.41) is 0. The van der Waals surface area contributed by atoms with E-state index in [1.807, 2.05) is 0 Å². The molecule has 0 spiro atoms. The van der Waals surface area contributed by atoms with Crippen LogP contribution in [0.3, 0.4) is 0 Å². The van der Waals surface area contributed by atoms with Gasteiger partial charge in [0.2, 0.25) is 0 Å². The zero-order valence-corrected chi connectivity index (χ0v) is 41.8. The number of ether oxygens (including phenoxy) is 3. The van der Waals surface area contributed by atoms with Gasteiger partial charge < -0.3 is 14.2 Å². The van der Waals surface area contributed by atoms with E-state index >= 15 is 0 Å². The van der Waals surface area contributed by atoms with Crippen LogP contribution in [-0.4, -0.2) is 37.2 Å². The van der Waals surface area contributed by atoms with Gasteiger partial charge in [-0.25, -0.2) is 0 Å². The first kappa shape index (κ1) is 60.4. The summed E-state index contributed by atoms with van der Waals surface area (Å²) in [7, 11) is 0. The van der Waals surface area contributed by atoms with E-state index in [0.29, 0.717) is 19.3 Å². The van der Waals surface area contributed by atoms with Gasteiger partial charge >= 0.3 is 17.9 Å². The van der Waals surface area contributed by atoms with E-state index in [1.165, 1.54) is 141 Å². The number of allylic oxidation sites excluding steroid dienone is 8. The van der Waals surface area contributed by atoms with Crippen LogP contribution in [0.1, 0.15) is 278 Å². The number of carbonyl (C=O) groups is 3. The topological polar surface area (TPSA) is 78.9 Å². The van der Waals surface area contributed by atoms with Crippen LogP contribution in [0, 0.1) is 0 Å². The van der Waals surface area contributed by atoms with Gasteiger partial charge in [-0.05, 0) is 77.0 Å². The van der Waals surface area contributed by atoms with Crippen LogP contribution in [0.2, 0.25) is 0 Å². The number of carbonyl (C=O) groups excluding carboxylic acids is 3. The van der Waals surface area contributed by atoms with Crippen molar-refractivity contribution in [2.24, 2.45) is 0 Å². The first-order chi connectivity index (χ1) is 31.0. The van der Waals surface area contributed by atoms with E-state index < -0.39 is 6.10 Å². The van der Waals surface area contributed by atoms with Crippen molar-refractivity contribution in [1.29, 1.82) is 0 Å².